The molecule has 2 aromatic heterocycles. The van der Waals surface area contributed by atoms with E-state index in [0.717, 1.165) is 5.03 Å². The third-order valence-electron chi connectivity index (χ3n) is 3.96. The number of hydrogen-bond donors (Lipinski definition) is 1. The zero-order chi connectivity index (χ0) is 18.4. The van der Waals surface area contributed by atoms with Gasteiger partial charge in [-0.15, -0.1) is 23.1 Å². The Balaban J connectivity index is 2.37. The molecule has 3 aromatic rings. The maximum atomic E-state index is 13.2. The molecule has 0 saturated heterocycles. The molecule has 0 amide bonds. The van der Waals surface area contributed by atoms with Gasteiger partial charge in [0.05, 0.1) is 11.0 Å². The topological polar surface area (TPSA) is 77.1 Å². The van der Waals surface area contributed by atoms with Crippen LogP contribution in [0.2, 0.25) is 0 Å². The lowest BCUT2D eigenvalue weighted by Gasteiger charge is -2.27. The molecule has 8 heteroatoms. The molecule has 1 unspecified atom stereocenters. The summed E-state index contributed by atoms with van der Waals surface area (Å²) in [5.74, 6) is -1.03. The number of imidazole rings is 1. The fraction of sp³-hybridized carbons (Fsp3) is 0.353. The molecule has 1 atom stereocenters. The van der Waals surface area contributed by atoms with Gasteiger partial charge in [-0.2, -0.15) is 0 Å². The van der Waals surface area contributed by atoms with Crippen LogP contribution in [-0.2, 0) is 4.79 Å². The summed E-state index contributed by atoms with van der Waals surface area (Å²) in [5, 5.41) is 13.0. The maximum Gasteiger partial charge on any atom is 0.336 e. The molecular weight excluding hydrogens is 358 g/mol. The second kappa shape index (κ2) is 6.34. The first kappa shape index (κ1) is 17.8. The molecule has 0 fully saturated rings. The molecule has 0 aliphatic carbocycles. The quantitative estimate of drug-likeness (QED) is 0.703. The first-order valence-corrected chi connectivity index (χ1v) is 9.81. The number of benzene rings is 1. The van der Waals surface area contributed by atoms with E-state index in [-0.39, 0.29) is 5.69 Å². The van der Waals surface area contributed by atoms with E-state index in [0.29, 0.717) is 16.2 Å². The van der Waals surface area contributed by atoms with Crippen molar-refractivity contribution in [2.45, 2.75) is 31.8 Å². The Hall–Kier alpha value is -2.06. The summed E-state index contributed by atoms with van der Waals surface area (Å²) in [6, 6.07) is 6.25. The lowest BCUT2D eigenvalue weighted by atomic mass is 9.86. The highest BCUT2D eigenvalue weighted by Crippen LogP contribution is 2.33. The van der Waals surface area contributed by atoms with E-state index in [2.05, 4.69) is 4.98 Å². The number of carboxylic acid groups (broad SMARTS) is 1. The fourth-order valence-electron chi connectivity index (χ4n) is 2.92. The van der Waals surface area contributed by atoms with Gasteiger partial charge in [-0.1, -0.05) is 32.9 Å². The van der Waals surface area contributed by atoms with Crippen LogP contribution in [0.1, 0.15) is 26.8 Å². The van der Waals surface area contributed by atoms with Crippen molar-refractivity contribution in [2.24, 2.45) is 5.41 Å². The SMILES string of the molecule is CSc1csc(-n2c(=O)n(C(C(=O)O)C(C)(C)C)c3ccccc32)n1. The van der Waals surface area contributed by atoms with E-state index in [4.69, 9.17) is 0 Å². The van der Waals surface area contributed by atoms with Crippen LogP contribution in [0.15, 0.2) is 39.5 Å². The molecule has 0 aliphatic rings. The summed E-state index contributed by atoms with van der Waals surface area (Å²) >= 11 is 2.87. The fourth-order valence-corrected chi connectivity index (χ4v) is 4.38. The molecule has 0 aliphatic heterocycles. The van der Waals surface area contributed by atoms with E-state index >= 15 is 0 Å². The first-order valence-electron chi connectivity index (χ1n) is 7.70. The number of hydrogen-bond acceptors (Lipinski definition) is 5. The number of aliphatic carboxylic acids is 1. The van der Waals surface area contributed by atoms with Gasteiger partial charge in [0.15, 0.2) is 5.13 Å². The summed E-state index contributed by atoms with van der Waals surface area (Å²) in [4.78, 5) is 29.6. The number of para-hydroxylation sites is 2. The third-order valence-corrected chi connectivity index (χ3v) is 5.57. The Morgan fingerprint density at radius 3 is 2.44 bits per heavy atom. The van der Waals surface area contributed by atoms with Crippen LogP contribution in [-0.4, -0.2) is 31.4 Å². The number of fused-ring (bicyclic) bond motifs is 1. The maximum absolute atomic E-state index is 13.2. The summed E-state index contributed by atoms with van der Waals surface area (Å²) in [7, 11) is 0. The Morgan fingerprint density at radius 2 is 1.92 bits per heavy atom. The van der Waals surface area contributed by atoms with Crippen molar-refractivity contribution in [1.29, 1.82) is 0 Å². The van der Waals surface area contributed by atoms with Gasteiger partial charge in [0.1, 0.15) is 11.1 Å². The van der Waals surface area contributed by atoms with E-state index < -0.39 is 17.4 Å². The lowest BCUT2D eigenvalue weighted by Crippen LogP contribution is -2.38. The van der Waals surface area contributed by atoms with Crippen LogP contribution >= 0.6 is 23.1 Å². The van der Waals surface area contributed by atoms with Gasteiger partial charge >= 0.3 is 11.7 Å². The summed E-state index contributed by atoms with van der Waals surface area (Å²) < 4.78 is 2.87. The van der Waals surface area contributed by atoms with Gasteiger partial charge in [-0.3, -0.25) is 4.57 Å². The minimum absolute atomic E-state index is 0.384. The number of thiazole rings is 1. The zero-order valence-electron chi connectivity index (χ0n) is 14.4. The minimum Gasteiger partial charge on any atom is -0.480 e. The lowest BCUT2D eigenvalue weighted by molar-refractivity contribution is -0.144. The molecule has 6 nitrogen and oxygen atoms in total. The predicted molar refractivity (Wildman–Crippen MR) is 101 cm³/mol. The second-order valence-electron chi connectivity index (χ2n) is 6.76. The van der Waals surface area contributed by atoms with Crippen molar-refractivity contribution in [3.8, 4) is 5.13 Å². The Labute approximate surface area is 153 Å². The molecule has 0 saturated carbocycles. The number of aromatic nitrogens is 3. The predicted octanol–water partition coefficient (Wildman–Crippen LogP) is 3.64. The minimum atomic E-state index is -1.03. The first-order chi connectivity index (χ1) is 11.8. The largest absolute Gasteiger partial charge is 0.480 e. The standard InChI is InChI=1S/C17H19N3O3S2/c1-17(2,3)13(14(21)22)19-10-7-5-6-8-11(10)20(16(19)23)15-18-12(24-4)9-25-15/h5-9,13H,1-4H3,(H,21,22). The highest BCUT2D eigenvalue weighted by molar-refractivity contribution is 7.98. The molecule has 132 valence electrons. The smallest absolute Gasteiger partial charge is 0.336 e. The van der Waals surface area contributed by atoms with Crippen molar-refractivity contribution in [2.75, 3.05) is 6.26 Å². The van der Waals surface area contributed by atoms with Crippen molar-refractivity contribution >= 4 is 40.1 Å². The van der Waals surface area contributed by atoms with Crippen molar-refractivity contribution in [1.82, 2.24) is 14.1 Å². The Morgan fingerprint density at radius 1 is 1.28 bits per heavy atom. The normalized spacial score (nSPS) is 13.3. The highest BCUT2D eigenvalue weighted by Gasteiger charge is 2.36. The van der Waals surface area contributed by atoms with Crippen LogP contribution in [0.4, 0.5) is 0 Å². The summed E-state index contributed by atoms with van der Waals surface area (Å²) in [6.45, 7) is 5.46. The van der Waals surface area contributed by atoms with E-state index in [1.807, 2.05) is 44.5 Å². The van der Waals surface area contributed by atoms with Gasteiger partial charge in [0.2, 0.25) is 0 Å². The second-order valence-corrected chi connectivity index (χ2v) is 8.42. The van der Waals surface area contributed by atoms with Crippen molar-refractivity contribution < 1.29 is 9.90 Å². The van der Waals surface area contributed by atoms with E-state index in [9.17, 15) is 14.7 Å². The third kappa shape index (κ3) is 3.00. The molecule has 0 spiro atoms. The van der Waals surface area contributed by atoms with Gasteiger partial charge in [-0.05, 0) is 23.8 Å². The average Bonchev–Trinajstić information content (AvgIpc) is 3.09. The molecule has 0 bridgehead atoms. The highest BCUT2D eigenvalue weighted by atomic mass is 32.2. The summed E-state index contributed by atoms with van der Waals surface area (Å²) in [5.41, 5.74) is 0.240. The Bertz CT molecular complexity index is 995. The molecule has 2 heterocycles. The average molecular weight is 377 g/mol. The van der Waals surface area contributed by atoms with Crippen LogP contribution in [0.25, 0.3) is 16.2 Å². The number of carboxylic acids is 1. The van der Waals surface area contributed by atoms with Crippen LogP contribution < -0.4 is 5.69 Å². The van der Waals surface area contributed by atoms with Gasteiger partial charge in [0, 0.05) is 5.38 Å². The van der Waals surface area contributed by atoms with Crippen LogP contribution in [0.5, 0.6) is 0 Å². The number of carbonyl (C=O) groups is 1. The molecule has 25 heavy (non-hydrogen) atoms. The number of thioether (sulfide) groups is 1. The van der Waals surface area contributed by atoms with E-state index in [1.165, 1.54) is 32.2 Å². The van der Waals surface area contributed by atoms with Crippen molar-refractivity contribution in [3.05, 3.63) is 40.1 Å². The van der Waals surface area contributed by atoms with Crippen molar-refractivity contribution in [3.63, 3.8) is 0 Å². The van der Waals surface area contributed by atoms with Crippen LogP contribution in [0, 0.1) is 5.41 Å². The molecule has 3 rings (SSSR count). The molecular formula is C17H19N3O3S2. The molecule has 1 aromatic carbocycles. The zero-order valence-corrected chi connectivity index (χ0v) is 16.0. The summed E-state index contributed by atoms with van der Waals surface area (Å²) in [6.07, 6.45) is 1.92. The van der Waals surface area contributed by atoms with Gasteiger partial charge in [-0.25, -0.2) is 19.1 Å². The number of nitrogens with zero attached hydrogens (tertiary/aromatic N) is 3. The van der Waals surface area contributed by atoms with Crippen LogP contribution in [0.3, 0.4) is 0 Å². The monoisotopic (exact) mass is 377 g/mol. The van der Waals surface area contributed by atoms with E-state index in [1.54, 1.807) is 12.1 Å². The molecule has 0 radical (unpaired) electrons. The molecule has 1 N–H and O–H groups in total. The Kier molecular flexibility index (Phi) is 4.51. The van der Waals surface area contributed by atoms with Gasteiger partial charge < -0.3 is 5.11 Å². The van der Waals surface area contributed by atoms with Gasteiger partial charge in [0.25, 0.3) is 0 Å². The number of rotatable bonds is 4.